The molecule has 2 rings (SSSR count). The lowest BCUT2D eigenvalue weighted by molar-refractivity contribution is 0.358. The highest BCUT2D eigenvalue weighted by atomic mass is 79.9. The molecule has 0 spiro atoms. The predicted molar refractivity (Wildman–Crippen MR) is 86.7 cm³/mol. The van der Waals surface area contributed by atoms with Crippen molar-refractivity contribution in [2.24, 2.45) is 5.41 Å². The van der Waals surface area contributed by atoms with Crippen LogP contribution in [0.15, 0.2) is 16.6 Å². The maximum atomic E-state index is 3.70. The van der Waals surface area contributed by atoms with E-state index in [-0.39, 0.29) is 0 Å². The van der Waals surface area contributed by atoms with Crippen molar-refractivity contribution in [2.75, 3.05) is 16.8 Å². The van der Waals surface area contributed by atoms with Crippen molar-refractivity contribution >= 4 is 33.4 Å². The molecule has 18 heavy (non-hydrogen) atoms. The van der Waals surface area contributed by atoms with Crippen molar-refractivity contribution in [1.29, 1.82) is 0 Å². The van der Waals surface area contributed by atoms with Crippen LogP contribution >= 0.6 is 27.7 Å². The van der Waals surface area contributed by atoms with Crippen LogP contribution in [0.3, 0.4) is 0 Å². The molecule has 1 nitrogen and oxygen atoms in total. The fraction of sp³-hybridized carbons (Fsp3) is 0.600. The maximum absolute atomic E-state index is 3.70. The first-order valence-corrected chi connectivity index (χ1v) is 8.43. The molecule has 3 heteroatoms. The Bertz CT molecular complexity index is 419. The molecule has 1 unspecified atom stereocenters. The number of nitrogens with one attached hydrogen (secondary N) is 1. The third-order valence-corrected chi connectivity index (χ3v) is 6.29. The Morgan fingerprint density at radius 1 is 1.28 bits per heavy atom. The van der Waals surface area contributed by atoms with E-state index in [0.29, 0.717) is 11.5 Å². The van der Waals surface area contributed by atoms with Gasteiger partial charge in [0.1, 0.15) is 0 Å². The van der Waals surface area contributed by atoms with Gasteiger partial charge >= 0.3 is 0 Å². The Morgan fingerprint density at radius 3 is 2.44 bits per heavy atom. The molecule has 1 heterocycles. The summed E-state index contributed by atoms with van der Waals surface area (Å²) in [5, 5.41) is 3.70. The molecule has 0 bridgehead atoms. The van der Waals surface area contributed by atoms with Crippen LogP contribution in [-0.2, 0) is 0 Å². The highest BCUT2D eigenvalue weighted by Gasteiger charge is 2.28. The Balaban J connectivity index is 2.10. The molecule has 1 N–H and O–H groups in total. The number of hydrogen-bond donors (Lipinski definition) is 1. The third kappa shape index (κ3) is 3.45. The summed E-state index contributed by atoms with van der Waals surface area (Å²) in [6.07, 6.45) is 1.26. The van der Waals surface area contributed by atoms with E-state index in [1.807, 2.05) is 0 Å². The summed E-state index contributed by atoms with van der Waals surface area (Å²) in [6.45, 7) is 9.04. The second-order valence-corrected chi connectivity index (χ2v) is 7.97. The minimum atomic E-state index is 0.458. The first-order valence-electron chi connectivity index (χ1n) is 6.48. The molecule has 1 aromatic rings. The third-order valence-electron chi connectivity index (χ3n) is 3.42. The number of anilines is 1. The fourth-order valence-corrected chi connectivity index (χ4v) is 4.12. The number of thioether (sulfide) groups is 1. The Hall–Kier alpha value is -0.150. The van der Waals surface area contributed by atoms with Crippen LogP contribution in [0.25, 0.3) is 0 Å². The monoisotopic (exact) mass is 327 g/mol. The minimum absolute atomic E-state index is 0.458. The van der Waals surface area contributed by atoms with E-state index < -0.39 is 0 Å². The lowest BCUT2D eigenvalue weighted by Crippen LogP contribution is -2.35. The SMILES string of the molecule is Cc1cc(NC2CSCC(C)(C)C2)cc(C)c1Br. The van der Waals surface area contributed by atoms with Crippen LogP contribution in [0.4, 0.5) is 5.69 Å². The maximum Gasteiger partial charge on any atom is 0.0357 e. The topological polar surface area (TPSA) is 12.0 Å². The Labute approximate surface area is 123 Å². The summed E-state index contributed by atoms with van der Waals surface area (Å²) in [4.78, 5) is 0. The van der Waals surface area contributed by atoms with Gasteiger partial charge in [-0.3, -0.25) is 0 Å². The zero-order valence-corrected chi connectivity index (χ0v) is 14.0. The number of benzene rings is 1. The highest BCUT2D eigenvalue weighted by molar-refractivity contribution is 9.10. The van der Waals surface area contributed by atoms with Crippen LogP contribution < -0.4 is 5.32 Å². The van der Waals surface area contributed by atoms with Crippen molar-refractivity contribution in [3.05, 3.63) is 27.7 Å². The summed E-state index contributed by atoms with van der Waals surface area (Å²) < 4.78 is 1.23. The molecule has 0 radical (unpaired) electrons. The first kappa shape index (κ1) is 14.3. The molecule has 1 aliphatic heterocycles. The van der Waals surface area contributed by atoms with Crippen molar-refractivity contribution < 1.29 is 0 Å². The van der Waals surface area contributed by atoms with Crippen molar-refractivity contribution in [3.63, 3.8) is 0 Å². The number of aryl methyl sites for hydroxylation is 2. The summed E-state index contributed by atoms with van der Waals surface area (Å²) in [7, 11) is 0. The van der Waals surface area contributed by atoms with Crippen molar-refractivity contribution in [3.8, 4) is 0 Å². The van der Waals surface area contributed by atoms with Gasteiger partial charge in [-0.05, 0) is 54.7 Å². The Morgan fingerprint density at radius 2 is 1.89 bits per heavy atom. The summed E-state index contributed by atoms with van der Waals surface area (Å²) >= 11 is 5.69. The minimum Gasteiger partial charge on any atom is -0.381 e. The molecule has 100 valence electrons. The van der Waals surface area contributed by atoms with E-state index in [0.717, 1.165) is 0 Å². The van der Waals surface area contributed by atoms with E-state index in [1.54, 1.807) is 0 Å². The number of rotatable bonds is 2. The second-order valence-electron chi connectivity index (χ2n) is 6.15. The molecule has 1 aromatic carbocycles. The van der Waals surface area contributed by atoms with Gasteiger partial charge in [-0.1, -0.05) is 29.8 Å². The van der Waals surface area contributed by atoms with Gasteiger partial charge in [0.25, 0.3) is 0 Å². The van der Waals surface area contributed by atoms with Gasteiger partial charge in [0.2, 0.25) is 0 Å². The molecule has 1 fully saturated rings. The lowest BCUT2D eigenvalue weighted by Gasteiger charge is -2.35. The molecule has 0 aliphatic carbocycles. The van der Waals surface area contributed by atoms with E-state index in [9.17, 15) is 0 Å². The standard InChI is InChI=1S/C15H22BrNS/c1-10-5-12(6-11(2)14(10)16)17-13-7-15(3,4)9-18-8-13/h5-6,13,17H,7-9H2,1-4H3. The smallest absolute Gasteiger partial charge is 0.0357 e. The normalized spacial score (nSPS) is 22.8. The van der Waals surface area contributed by atoms with Gasteiger partial charge in [0.15, 0.2) is 0 Å². The molecular formula is C15H22BrNS. The average Bonchev–Trinajstić information content (AvgIpc) is 2.24. The molecule has 1 saturated heterocycles. The van der Waals surface area contributed by atoms with Crippen LogP contribution in [-0.4, -0.2) is 17.5 Å². The van der Waals surface area contributed by atoms with Gasteiger partial charge in [0, 0.05) is 22.0 Å². The highest BCUT2D eigenvalue weighted by Crippen LogP contribution is 2.35. The summed E-state index contributed by atoms with van der Waals surface area (Å²) in [5.74, 6) is 2.50. The Kier molecular flexibility index (Phi) is 4.32. The van der Waals surface area contributed by atoms with Gasteiger partial charge in [-0.15, -0.1) is 0 Å². The van der Waals surface area contributed by atoms with Crippen LogP contribution in [0.5, 0.6) is 0 Å². The molecular weight excluding hydrogens is 306 g/mol. The zero-order valence-electron chi connectivity index (χ0n) is 11.6. The number of hydrogen-bond acceptors (Lipinski definition) is 2. The quantitative estimate of drug-likeness (QED) is 0.819. The molecule has 0 amide bonds. The van der Waals surface area contributed by atoms with Crippen molar-refractivity contribution in [1.82, 2.24) is 0 Å². The fourth-order valence-electron chi connectivity index (χ4n) is 2.62. The zero-order chi connectivity index (χ0) is 13.3. The van der Waals surface area contributed by atoms with Gasteiger partial charge < -0.3 is 5.32 Å². The van der Waals surface area contributed by atoms with E-state index >= 15 is 0 Å². The largest absolute Gasteiger partial charge is 0.381 e. The van der Waals surface area contributed by atoms with E-state index in [1.165, 1.54) is 39.2 Å². The second kappa shape index (κ2) is 5.46. The van der Waals surface area contributed by atoms with E-state index in [2.05, 4.69) is 72.8 Å². The van der Waals surface area contributed by atoms with Crippen LogP contribution in [0.1, 0.15) is 31.4 Å². The van der Waals surface area contributed by atoms with Crippen LogP contribution in [0.2, 0.25) is 0 Å². The average molecular weight is 328 g/mol. The van der Waals surface area contributed by atoms with Crippen molar-refractivity contribution in [2.45, 2.75) is 40.2 Å². The van der Waals surface area contributed by atoms with E-state index in [4.69, 9.17) is 0 Å². The predicted octanol–water partition coefficient (Wildman–Crippen LogP) is 5.01. The van der Waals surface area contributed by atoms with Gasteiger partial charge in [-0.25, -0.2) is 0 Å². The van der Waals surface area contributed by atoms with Gasteiger partial charge in [0.05, 0.1) is 0 Å². The van der Waals surface area contributed by atoms with Crippen LogP contribution in [0, 0.1) is 19.3 Å². The first-order chi connectivity index (χ1) is 8.37. The lowest BCUT2D eigenvalue weighted by atomic mass is 9.87. The summed E-state index contributed by atoms with van der Waals surface area (Å²) in [6, 6.07) is 5.07. The number of halogens is 1. The van der Waals surface area contributed by atoms with Gasteiger partial charge in [-0.2, -0.15) is 11.8 Å². The molecule has 0 saturated carbocycles. The molecule has 0 aromatic heterocycles. The molecule has 1 aliphatic rings. The summed E-state index contributed by atoms with van der Waals surface area (Å²) in [5.41, 5.74) is 4.33. The molecule has 1 atom stereocenters.